The average Bonchev–Trinajstić information content (AvgIpc) is 2.46. The van der Waals surface area contributed by atoms with Crippen molar-refractivity contribution in [3.63, 3.8) is 0 Å². The molecule has 1 amide bonds. The molecule has 0 spiro atoms. The first-order chi connectivity index (χ1) is 9.89. The molecule has 21 heavy (non-hydrogen) atoms. The molecule has 0 aromatic heterocycles. The summed E-state index contributed by atoms with van der Waals surface area (Å²) in [7, 11) is 0. The Morgan fingerprint density at radius 3 is 2.05 bits per heavy atom. The molecule has 1 heterocycles. The van der Waals surface area contributed by atoms with Crippen LogP contribution >= 0.6 is 0 Å². The maximum Gasteiger partial charge on any atom is 0.410 e. The number of likely N-dealkylation sites (tertiary alicyclic amines) is 1. The van der Waals surface area contributed by atoms with Crippen molar-refractivity contribution in [1.82, 2.24) is 4.90 Å². The Kier molecular flexibility index (Phi) is 5.13. The van der Waals surface area contributed by atoms with Crippen molar-refractivity contribution in [2.24, 2.45) is 17.8 Å². The Morgan fingerprint density at radius 1 is 1.05 bits per heavy atom. The second-order valence-electron chi connectivity index (χ2n) is 7.55. The molecule has 2 aliphatic rings. The fourth-order valence-corrected chi connectivity index (χ4v) is 3.60. The van der Waals surface area contributed by atoms with Gasteiger partial charge in [-0.1, -0.05) is 0 Å². The normalized spacial score (nSPS) is 28.0. The number of carbonyl (C=O) groups is 1. The molecule has 4 heteroatoms. The van der Waals surface area contributed by atoms with Crippen LogP contribution in [0.25, 0.3) is 0 Å². The van der Waals surface area contributed by atoms with Gasteiger partial charge in [0.25, 0.3) is 0 Å². The molecule has 4 nitrogen and oxygen atoms in total. The zero-order valence-electron chi connectivity index (χ0n) is 13.6. The Labute approximate surface area is 128 Å². The van der Waals surface area contributed by atoms with E-state index in [4.69, 9.17) is 10.00 Å². The number of ether oxygens (including phenoxy) is 1. The van der Waals surface area contributed by atoms with E-state index in [0.29, 0.717) is 0 Å². The predicted molar refractivity (Wildman–Crippen MR) is 81.6 cm³/mol. The Balaban J connectivity index is 1.76. The number of rotatable bonds is 1. The van der Waals surface area contributed by atoms with E-state index in [1.54, 1.807) is 0 Å². The molecule has 2 fully saturated rings. The molecule has 1 saturated heterocycles. The van der Waals surface area contributed by atoms with Gasteiger partial charge >= 0.3 is 6.09 Å². The topological polar surface area (TPSA) is 53.3 Å². The lowest BCUT2D eigenvalue weighted by molar-refractivity contribution is 0.0146. The van der Waals surface area contributed by atoms with E-state index in [9.17, 15) is 4.79 Å². The van der Waals surface area contributed by atoms with Gasteiger partial charge in [0.15, 0.2) is 0 Å². The minimum Gasteiger partial charge on any atom is -0.444 e. The Hall–Kier alpha value is -1.24. The average molecular weight is 292 g/mol. The van der Waals surface area contributed by atoms with Crippen molar-refractivity contribution in [2.45, 2.75) is 64.9 Å². The molecule has 0 N–H and O–H groups in total. The van der Waals surface area contributed by atoms with Crippen LogP contribution in [0.4, 0.5) is 4.79 Å². The molecule has 1 saturated carbocycles. The second kappa shape index (κ2) is 6.68. The zero-order chi connectivity index (χ0) is 15.5. The first-order valence-corrected chi connectivity index (χ1v) is 8.26. The molecule has 2 rings (SSSR count). The minimum atomic E-state index is -0.413. The molecule has 1 aliphatic carbocycles. The van der Waals surface area contributed by atoms with Crippen molar-refractivity contribution in [1.29, 1.82) is 5.26 Å². The van der Waals surface area contributed by atoms with Gasteiger partial charge in [0, 0.05) is 19.0 Å². The molecule has 118 valence electrons. The van der Waals surface area contributed by atoms with E-state index >= 15 is 0 Å². The highest BCUT2D eigenvalue weighted by molar-refractivity contribution is 5.68. The number of nitrogens with zero attached hydrogens (tertiary/aromatic N) is 2. The largest absolute Gasteiger partial charge is 0.444 e. The van der Waals surface area contributed by atoms with Gasteiger partial charge in [-0.25, -0.2) is 4.79 Å². The predicted octanol–water partition coefficient (Wildman–Crippen LogP) is 3.96. The monoisotopic (exact) mass is 292 g/mol. The van der Waals surface area contributed by atoms with E-state index < -0.39 is 5.60 Å². The lowest BCUT2D eigenvalue weighted by Crippen LogP contribution is -2.43. The van der Waals surface area contributed by atoms with E-state index in [1.807, 2.05) is 25.7 Å². The third-order valence-electron chi connectivity index (χ3n) is 4.81. The number of amides is 1. The maximum atomic E-state index is 12.0. The van der Waals surface area contributed by atoms with Gasteiger partial charge in [-0.05, 0) is 71.1 Å². The van der Waals surface area contributed by atoms with Gasteiger partial charge in [0.2, 0.25) is 0 Å². The molecule has 0 bridgehead atoms. The Bertz CT molecular complexity index is 392. The quantitative estimate of drug-likeness (QED) is 0.735. The highest BCUT2D eigenvalue weighted by Crippen LogP contribution is 2.37. The van der Waals surface area contributed by atoms with Gasteiger partial charge in [-0.15, -0.1) is 0 Å². The smallest absolute Gasteiger partial charge is 0.410 e. The third-order valence-corrected chi connectivity index (χ3v) is 4.81. The van der Waals surface area contributed by atoms with Gasteiger partial charge in [0.1, 0.15) is 5.60 Å². The molecule has 0 aromatic carbocycles. The van der Waals surface area contributed by atoms with E-state index in [-0.39, 0.29) is 12.0 Å². The summed E-state index contributed by atoms with van der Waals surface area (Å²) in [4.78, 5) is 13.9. The zero-order valence-corrected chi connectivity index (χ0v) is 13.6. The van der Waals surface area contributed by atoms with Crippen LogP contribution in [0.1, 0.15) is 59.3 Å². The van der Waals surface area contributed by atoms with Gasteiger partial charge < -0.3 is 9.64 Å². The van der Waals surface area contributed by atoms with Crippen molar-refractivity contribution >= 4 is 6.09 Å². The molecular formula is C17H28N2O2. The number of hydrogen-bond donors (Lipinski definition) is 0. The third kappa shape index (κ3) is 4.62. The maximum absolute atomic E-state index is 12.0. The van der Waals surface area contributed by atoms with E-state index in [1.165, 1.54) is 12.8 Å². The first kappa shape index (κ1) is 16.1. The standard InChI is InChI=1S/C17H28N2O2/c1-17(2,3)21-16(20)19-10-8-15(9-11-19)14-6-4-13(12-18)5-7-14/h13-15H,4-11H2,1-3H3. The number of carbonyl (C=O) groups excluding carboxylic acids is 1. The van der Waals surface area contributed by atoms with Crippen molar-refractivity contribution in [2.75, 3.05) is 13.1 Å². The minimum absolute atomic E-state index is 0.172. The molecule has 0 atom stereocenters. The van der Waals surface area contributed by atoms with E-state index in [2.05, 4.69) is 6.07 Å². The van der Waals surface area contributed by atoms with Crippen molar-refractivity contribution in [3.05, 3.63) is 0 Å². The highest BCUT2D eigenvalue weighted by atomic mass is 16.6. The summed E-state index contributed by atoms with van der Waals surface area (Å²) in [5.41, 5.74) is -0.413. The van der Waals surface area contributed by atoms with Crippen LogP contribution in [-0.2, 0) is 4.74 Å². The molecule has 0 aromatic rings. The van der Waals surface area contributed by atoms with Gasteiger partial charge in [0.05, 0.1) is 6.07 Å². The Morgan fingerprint density at radius 2 is 1.57 bits per heavy atom. The van der Waals surface area contributed by atoms with Gasteiger partial charge in [-0.3, -0.25) is 0 Å². The summed E-state index contributed by atoms with van der Waals surface area (Å²) in [6, 6.07) is 2.40. The van der Waals surface area contributed by atoms with Crippen LogP contribution in [0, 0.1) is 29.1 Å². The lowest BCUT2D eigenvalue weighted by atomic mass is 9.73. The summed E-state index contributed by atoms with van der Waals surface area (Å²) in [6.07, 6.45) is 6.50. The van der Waals surface area contributed by atoms with Crippen molar-refractivity contribution in [3.8, 4) is 6.07 Å². The number of nitriles is 1. The molecule has 0 unspecified atom stereocenters. The van der Waals surface area contributed by atoms with Crippen LogP contribution < -0.4 is 0 Å². The van der Waals surface area contributed by atoms with Crippen LogP contribution in [-0.4, -0.2) is 29.7 Å². The molecular weight excluding hydrogens is 264 g/mol. The molecule has 0 radical (unpaired) electrons. The fourth-order valence-electron chi connectivity index (χ4n) is 3.60. The summed E-state index contributed by atoms with van der Waals surface area (Å²) in [5, 5.41) is 8.97. The summed E-state index contributed by atoms with van der Waals surface area (Å²) < 4.78 is 5.44. The first-order valence-electron chi connectivity index (χ1n) is 8.26. The van der Waals surface area contributed by atoms with Crippen molar-refractivity contribution < 1.29 is 9.53 Å². The highest BCUT2D eigenvalue weighted by Gasteiger charge is 2.32. The number of piperidine rings is 1. The summed E-state index contributed by atoms with van der Waals surface area (Å²) in [6.45, 7) is 7.36. The lowest BCUT2D eigenvalue weighted by Gasteiger charge is -2.38. The van der Waals surface area contributed by atoms with Crippen LogP contribution in [0.2, 0.25) is 0 Å². The van der Waals surface area contributed by atoms with Crippen LogP contribution in [0.3, 0.4) is 0 Å². The number of hydrogen-bond acceptors (Lipinski definition) is 3. The van der Waals surface area contributed by atoms with Crippen LogP contribution in [0.15, 0.2) is 0 Å². The fraction of sp³-hybridized carbons (Fsp3) is 0.882. The van der Waals surface area contributed by atoms with E-state index in [0.717, 1.165) is 50.6 Å². The van der Waals surface area contributed by atoms with Crippen LogP contribution in [0.5, 0.6) is 0 Å². The summed E-state index contributed by atoms with van der Waals surface area (Å²) >= 11 is 0. The SMILES string of the molecule is CC(C)(C)OC(=O)N1CCC(C2CCC(C#N)CC2)CC1. The van der Waals surface area contributed by atoms with Gasteiger partial charge in [-0.2, -0.15) is 5.26 Å². The second-order valence-corrected chi connectivity index (χ2v) is 7.55. The molecule has 1 aliphatic heterocycles. The summed E-state index contributed by atoms with van der Waals surface area (Å²) in [5.74, 6) is 1.77.